The Bertz CT molecular complexity index is 1210. The van der Waals surface area contributed by atoms with Crippen LogP contribution in [0.1, 0.15) is 43.0 Å². The minimum absolute atomic E-state index is 0.0297. The molecule has 0 atom stereocenters. The minimum Gasteiger partial charge on any atom is -0.481 e. The van der Waals surface area contributed by atoms with Crippen LogP contribution in [0.4, 0.5) is 4.79 Å². The molecule has 0 saturated carbocycles. The Morgan fingerprint density at radius 3 is 2.31 bits per heavy atom. The van der Waals surface area contributed by atoms with Crippen LogP contribution >= 0.6 is 0 Å². The fourth-order valence-corrected chi connectivity index (χ4v) is 4.30. The van der Waals surface area contributed by atoms with E-state index in [0.29, 0.717) is 5.69 Å². The van der Waals surface area contributed by atoms with Crippen molar-refractivity contribution >= 4 is 18.0 Å². The van der Waals surface area contributed by atoms with Gasteiger partial charge in [0.2, 0.25) is 5.91 Å². The number of carboxylic acids is 1. The van der Waals surface area contributed by atoms with Crippen molar-refractivity contribution in [3.63, 3.8) is 0 Å². The lowest BCUT2D eigenvalue weighted by atomic mass is 9.98. The molecule has 3 N–H and O–H groups in total. The molecule has 0 unspecified atom stereocenters. The number of carbonyl (C=O) groups is 3. The van der Waals surface area contributed by atoms with Crippen LogP contribution in [0.3, 0.4) is 0 Å². The molecule has 1 heterocycles. The van der Waals surface area contributed by atoms with E-state index in [9.17, 15) is 14.4 Å². The van der Waals surface area contributed by atoms with E-state index in [1.54, 1.807) is 13.8 Å². The van der Waals surface area contributed by atoms with E-state index in [-0.39, 0.29) is 32.0 Å². The molecule has 35 heavy (non-hydrogen) atoms. The summed E-state index contributed by atoms with van der Waals surface area (Å²) in [6, 6.07) is 16.2. The summed E-state index contributed by atoms with van der Waals surface area (Å²) in [5.74, 6) is -1.42. The Morgan fingerprint density at radius 2 is 1.69 bits per heavy atom. The number of fused-ring (bicyclic) bond motifs is 3. The molecule has 1 aromatic heterocycles. The molecule has 1 aliphatic rings. The lowest BCUT2D eigenvalue weighted by Gasteiger charge is -2.24. The van der Waals surface area contributed by atoms with Crippen molar-refractivity contribution in [2.75, 3.05) is 6.61 Å². The summed E-state index contributed by atoms with van der Waals surface area (Å²) in [7, 11) is 0. The van der Waals surface area contributed by atoms with Crippen LogP contribution in [0.15, 0.2) is 54.7 Å². The second-order valence-corrected chi connectivity index (χ2v) is 9.09. The Labute approximate surface area is 202 Å². The third kappa shape index (κ3) is 5.84. The van der Waals surface area contributed by atoms with Crippen LogP contribution < -0.4 is 10.6 Å². The summed E-state index contributed by atoms with van der Waals surface area (Å²) < 4.78 is 6.82. The standard InChI is InChI=1S/C25H27N5O5/c1-25(2,11-23(32)33)27-22(31)14-30-13-16(28-29-30)12-26-24(34)35-15-21-19-9-5-3-7-17(19)18-8-4-6-10-20(18)21/h3-10,13,21H,11-12,14-15H2,1-2H3,(H,26,34)(H,27,31)(H,32,33). The van der Waals surface area contributed by atoms with Crippen molar-refractivity contribution in [3.05, 3.63) is 71.5 Å². The number of nitrogens with zero attached hydrogens (tertiary/aromatic N) is 3. The summed E-state index contributed by atoms with van der Waals surface area (Å²) in [6.07, 6.45) is 0.758. The van der Waals surface area contributed by atoms with Crippen molar-refractivity contribution in [1.82, 2.24) is 25.6 Å². The number of benzene rings is 2. The predicted octanol–water partition coefficient (Wildman–Crippen LogP) is 2.69. The van der Waals surface area contributed by atoms with Crippen LogP contribution in [-0.2, 0) is 27.4 Å². The van der Waals surface area contributed by atoms with Crippen molar-refractivity contribution < 1.29 is 24.2 Å². The van der Waals surface area contributed by atoms with E-state index < -0.39 is 23.5 Å². The maximum atomic E-state index is 12.3. The van der Waals surface area contributed by atoms with E-state index >= 15 is 0 Å². The van der Waals surface area contributed by atoms with Gasteiger partial charge in [-0.2, -0.15) is 0 Å². The third-order valence-electron chi connectivity index (χ3n) is 5.72. The summed E-state index contributed by atoms with van der Waals surface area (Å²) in [6.45, 7) is 3.43. The second-order valence-electron chi connectivity index (χ2n) is 9.09. The number of carbonyl (C=O) groups excluding carboxylic acids is 2. The molecule has 182 valence electrons. The first kappa shape index (κ1) is 23.9. The van der Waals surface area contributed by atoms with E-state index in [1.165, 1.54) is 10.9 Å². The van der Waals surface area contributed by atoms with E-state index in [0.717, 1.165) is 22.3 Å². The molecule has 0 saturated heterocycles. The number of carboxylic acid groups (broad SMARTS) is 1. The van der Waals surface area contributed by atoms with Gasteiger partial charge in [-0.1, -0.05) is 53.7 Å². The fraction of sp³-hybridized carbons (Fsp3) is 0.320. The maximum absolute atomic E-state index is 12.3. The first-order valence-corrected chi connectivity index (χ1v) is 11.2. The molecule has 2 aromatic carbocycles. The second kappa shape index (κ2) is 9.96. The Balaban J connectivity index is 1.27. The number of nitrogens with one attached hydrogen (secondary N) is 2. The highest BCUT2D eigenvalue weighted by Crippen LogP contribution is 2.44. The number of aromatic nitrogens is 3. The van der Waals surface area contributed by atoms with Gasteiger partial charge in [-0.05, 0) is 36.1 Å². The zero-order valence-electron chi connectivity index (χ0n) is 19.5. The third-order valence-corrected chi connectivity index (χ3v) is 5.72. The monoisotopic (exact) mass is 477 g/mol. The maximum Gasteiger partial charge on any atom is 0.407 e. The van der Waals surface area contributed by atoms with Gasteiger partial charge in [0.1, 0.15) is 18.8 Å². The van der Waals surface area contributed by atoms with Gasteiger partial charge in [0.05, 0.1) is 19.2 Å². The number of ether oxygens (including phenoxy) is 1. The lowest BCUT2D eigenvalue weighted by Crippen LogP contribution is -2.46. The van der Waals surface area contributed by atoms with E-state index in [2.05, 4.69) is 45.2 Å². The highest BCUT2D eigenvalue weighted by atomic mass is 16.5. The number of hydrogen-bond acceptors (Lipinski definition) is 6. The quantitative estimate of drug-likeness (QED) is 0.431. The normalized spacial score (nSPS) is 12.5. The molecule has 2 amide bonds. The van der Waals surface area contributed by atoms with Gasteiger partial charge in [-0.3, -0.25) is 9.59 Å². The van der Waals surface area contributed by atoms with Crippen LogP contribution in [0.25, 0.3) is 11.1 Å². The molecule has 0 aliphatic heterocycles. The van der Waals surface area contributed by atoms with Gasteiger partial charge >= 0.3 is 12.1 Å². The number of rotatable bonds is 9. The molecule has 10 nitrogen and oxygen atoms in total. The summed E-state index contributed by atoms with van der Waals surface area (Å²) in [4.78, 5) is 35.4. The number of alkyl carbamates (subject to hydrolysis) is 1. The topological polar surface area (TPSA) is 135 Å². The van der Waals surface area contributed by atoms with Gasteiger partial charge in [-0.25, -0.2) is 9.48 Å². The Hall–Kier alpha value is -4.21. The average molecular weight is 478 g/mol. The zero-order valence-corrected chi connectivity index (χ0v) is 19.5. The number of hydrogen-bond donors (Lipinski definition) is 3. The van der Waals surface area contributed by atoms with Gasteiger partial charge in [0.25, 0.3) is 0 Å². The van der Waals surface area contributed by atoms with Gasteiger partial charge in [0.15, 0.2) is 0 Å². The van der Waals surface area contributed by atoms with Gasteiger partial charge < -0.3 is 20.5 Å². The van der Waals surface area contributed by atoms with Gasteiger partial charge in [0, 0.05) is 11.5 Å². The molecule has 1 aliphatic carbocycles. The molecule has 0 spiro atoms. The average Bonchev–Trinajstić information content (AvgIpc) is 3.37. The van der Waals surface area contributed by atoms with Crippen LogP contribution in [0.5, 0.6) is 0 Å². The number of aliphatic carboxylic acids is 1. The zero-order chi connectivity index (χ0) is 25.0. The minimum atomic E-state index is -1.00. The lowest BCUT2D eigenvalue weighted by molar-refractivity contribution is -0.138. The fourth-order valence-electron chi connectivity index (χ4n) is 4.30. The predicted molar refractivity (Wildman–Crippen MR) is 126 cm³/mol. The molecule has 3 aromatic rings. The van der Waals surface area contributed by atoms with Crippen molar-refractivity contribution in [1.29, 1.82) is 0 Å². The summed E-state index contributed by atoms with van der Waals surface area (Å²) in [5, 5.41) is 22.1. The van der Waals surface area contributed by atoms with Crippen LogP contribution in [0, 0.1) is 0 Å². The van der Waals surface area contributed by atoms with Crippen LogP contribution in [0.2, 0.25) is 0 Å². The molecular weight excluding hydrogens is 450 g/mol. The van der Waals surface area contributed by atoms with Gasteiger partial charge in [-0.15, -0.1) is 5.10 Å². The summed E-state index contributed by atoms with van der Waals surface area (Å²) in [5.41, 5.74) is 4.14. The van der Waals surface area contributed by atoms with Crippen molar-refractivity contribution in [2.24, 2.45) is 0 Å². The Morgan fingerprint density at radius 1 is 1.06 bits per heavy atom. The first-order chi connectivity index (χ1) is 16.7. The largest absolute Gasteiger partial charge is 0.481 e. The highest BCUT2D eigenvalue weighted by molar-refractivity contribution is 5.79. The molecule has 0 bridgehead atoms. The molecule has 4 rings (SSSR count). The smallest absolute Gasteiger partial charge is 0.407 e. The highest BCUT2D eigenvalue weighted by Gasteiger charge is 2.29. The van der Waals surface area contributed by atoms with Crippen molar-refractivity contribution in [2.45, 2.75) is 44.8 Å². The van der Waals surface area contributed by atoms with Crippen molar-refractivity contribution in [3.8, 4) is 11.1 Å². The van der Waals surface area contributed by atoms with E-state index in [4.69, 9.17) is 9.84 Å². The Kier molecular flexibility index (Phi) is 6.81. The molecular formula is C25H27N5O5. The molecule has 10 heteroatoms. The van der Waals surface area contributed by atoms with E-state index in [1.807, 2.05) is 24.3 Å². The molecule has 0 radical (unpaired) electrons. The summed E-state index contributed by atoms with van der Waals surface area (Å²) >= 11 is 0. The SMILES string of the molecule is CC(C)(CC(=O)O)NC(=O)Cn1cc(CNC(=O)OCC2c3ccccc3-c3ccccc32)nn1. The first-order valence-electron chi connectivity index (χ1n) is 11.2. The molecule has 0 fully saturated rings. The number of amides is 2. The van der Waals surface area contributed by atoms with Crippen LogP contribution in [-0.4, -0.2) is 50.2 Å².